The van der Waals surface area contributed by atoms with Crippen LogP contribution in [0.25, 0.3) is 10.9 Å². The number of nitrogens with one attached hydrogen (secondary N) is 1. The standard InChI is InChI=1S/C14H17F3N2/c1-4-19-8-10(9(2)18-3)13-11(14(15,16)17)6-5-7-12(13)19/h5-9,18H,4H2,1-3H3. The van der Waals surface area contributed by atoms with E-state index in [1.54, 1.807) is 19.3 Å². The van der Waals surface area contributed by atoms with E-state index < -0.39 is 11.7 Å². The van der Waals surface area contributed by atoms with Crippen molar-refractivity contribution in [2.45, 2.75) is 32.6 Å². The summed E-state index contributed by atoms with van der Waals surface area (Å²) in [6, 6.07) is 4.22. The zero-order valence-corrected chi connectivity index (χ0v) is 11.2. The Morgan fingerprint density at radius 3 is 2.53 bits per heavy atom. The second-order valence-corrected chi connectivity index (χ2v) is 4.58. The third-order valence-corrected chi connectivity index (χ3v) is 3.48. The molecule has 0 aliphatic carbocycles. The van der Waals surface area contributed by atoms with E-state index in [0.717, 1.165) is 6.07 Å². The Balaban J connectivity index is 2.82. The van der Waals surface area contributed by atoms with Gasteiger partial charge in [-0.15, -0.1) is 0 Å². The van der Waals surface area contributed by atoms with Gasteiger partial charge in [-0.2, -0.15) is 13.2 Å². The highest BCUT2D eigenvalue weighted by molar-refractivity contribution is 5.88. The molecule has 5 heteroatoms. The van der Waals surface area contributed by atoms with Crippen LogP contribution in [0.3, 0.4) is 0 Å². The van der Waals surface area contributed by atoms with Crippen molar-refractivity contribution in [3.63, 3.8) is 0 Å². The van der Waals surface area contributed by atoms with Crippen LogP contribution in [-0.2, 0) is 12.7 Å². The Hall–Kier alpha value is -1.49. The first-order valence-corrected chi connectivity index (χ1v) is 6.26. The molecule has 0 aliphatic heterocycles. The van der Waals surface area contributed by atoms with Crippen LogP contribution >= 0.6 is 0 Å². The summed E-state index contributed by atoms with van der Waals surface area (Å²) in [6.07, 6.45) is -2.53. The summed E-state index contributed by atoms with van der Waals surface area (Å²) in [6.45, 7) is 4.43. The lowest BCUT2D eigenvalue weighted by Crippen LogP contribution is -2.13. The van der Waals surface area contributed by atoms with Crippen LogP contribution in [0.2, 0.25) is 0 Å². The van der Waals surface area contributed by atoms with Gasteiger partial charge in [0, 0.05) is 29.7 Å². The van der Waals surface area contributed by atoms with Crippen LogP contribution in [0.4, 0.5) is 13.2 Å². The first-order valence-electron chi connectivity index (χ1n) is 6.26. The summed E-state index contributed by atoms with van der Waals surface area (Å²) in [4.78, 5) is 0. The first kappa shape index (κ1) is 13.9. The van der Waals surface area contributed by atoms with Crippen molar-refractivity contribution in [2.24, 2.45) is 0 Å². The minimum Gasteiger partial charge on any atom is -0.347 e. The highest BCUT2D eigenvalue weighted by Gasteiger charge is 2.34. The second-order valence-electron chi connectivity index (χ2n) is 4.58. The lowest BCUT2D eigenvalue weighted by molar-refractivity contribution is -0.136. The lowest BCUT2D eigenvalue weighted by atomic mass is 10.0. The molecule has 1 heterocycles. The molecule has 0 amide bonds. The molecule has 0 bridgehead atoms. The number of halogens is 3. The third kappa shape index (κ3) is 2.34. The molecule has 2 rings (SSSR count). The number of hydrogen-bond acceptors (Lipinski definition) is 1. The monoisotopic (exact) mass is 270 g/mol. The third-order valence-electron chi connectivity index (χ3n) is 3.48. The summed E-state index contributed by atoms with van der Waals surface area (Å²) in [7, 11) is 1.75. The summed E-state index contributed by atoms with van der Waals surface area (Å²) >= 11 is 0. The topological polar surface area (TPSA) is 17.0 Å². The molecule has 0 saturated heterocycles. The van der Waals surface area contributed by atoms with Crippen LogP contribution in [-0.4, -0.2) is 11.6 Å². The van der Waals surface area contributed by atoms with Gasteiger partial charge in [0.15, 0.2) is 0 Å². The maximum atomic E-state index is 13.1. The first-order chi connectivity index (χ1) is 8.90. The molecule has 1 aromatic heterocycles. The number of hydrogen-bond donors (Lipinski definition) is 1. The van der Waals surface area contributed by atoms with Crippen molar-refractivity contribution in [1.29, 1.82) is 0 Å². The second kappa shape index (κ2) is 4.89. The van der Waals surface area contributed by atoms with Gasteiger partial charge in [0.05, 0.1) is 5.56 Å². The van der Waals surface area contributed by atoms with Crippen molar-refractivity contribution < 1.29 is 13.2 Å². The molecule has 2 nitrogen and oxygen atoms in total. The Morgan fingerprint density at radius 2 is 2.00 bits per heavy atom. The van der Waals surface area contributed by atoms with Crippen LogP contribution in [0.5, 0.6) is 0 Å². The fraction of sp³-hybridized carbons (Fsp3) is 0.429. The van der Waals surface area contributed by atoms with E-state index in [2.05, 4.69) is 5.32 Å². The van der Waals surface area contributed by atoms with Gasteiger partial charge in [0.1, 0.15) is 0 Å². The fourth-order valence-corrected chi connectivity index (χ4v) is 2.37. The number of alkyl halides is 3. The normalized spacial score (nSPS) is 14.0. The molecule has 0 fully saturated rings. The minimum absolute atomic E-state index is 0.126. The summed E-state index contributed by atoms with van der Waals surface area (Å²) in [5.74, 6) is 0. The average Bonchev–Trinajstić information content (AvgIpc) is 2.75. The largest absolute Gasteiger partial charge is 0.417 e. The number of aryl methyl sites for hydroxylation is 1. The van der Waals surface area contributed by atoms with Gasteiger partial charge in [-0.05, 0) is 38.6 Å². The molecule has 2 aromatic rings. The van der Waals surface area contributed by atoms with Crippen molar-refractivity contribution >= 4 is 10.9 Å². The molecule has 1 aromatic carbocycles. The van der Waals surface area contributed by atoms with Crippen molar-refractivity contribution in [3.8, 4) is 0 Å². The number of fused-ring (bicyclic) bond motifs is 1. The van der Waals surface area contributed by atoms with Crippen molar-refractivity contribution in [1.82, 2.24) is 9.88 Å². The zero-order valence-electron chi connectivity index (χ0n) is 11.2. The SMILES string of the molecule is CCn1cc(C(C)NC)c2c(C(F)(F)F)cccc21. The molecular weight excluding hydrogens is 253 g/mol. The Bertz CT molecular complexity index is 584. The Labute approximate surface area is 110 Å². The van der Waals surface area contributed by atoms with Crippen LogP contribution in [0.15, 0.2) is 24.4 Å². The van der Waals surface area contributed by atoms with E-state index in [1.165, 1.54) is 6.07 Å². The van der Waals surface area contributed by atoms with E-state index in [0.29, 0.717) is 23.0 Å². The van der Waals surface area contributed by atoms with E-state index in [-0.39, 0.29) is 6.04 Å². The summed E-state index contributed by atoms with van der Waals surface area (Å²) in [5.41, 5.74) is 0.760. The number of nitrogens with zero attached hydrogens (tertiary/aromatic N) is 1. The maximum Gasteiger partial charge on any atom is 0.417 e. The Kier molecular flexibility index (Phi) is 3.58. The molecule has 0 saturated carbocycles. The van der Waals surface area contributed by atoms with Gasteiger partial charge in [0.25, 0.3) is 0 Å². The van der Waals surface area contributed by atoms with E-state index in [9.17, 15) is 13.2 Å². The smallest absolute Gasteiger partial charge is 0.347 e. The van der Waals surface area contributed by atoms with Gasteiger partial charge < -0.3 is 9.88 Å². The Morgan fingerprint density at radius 1 is 1.32 bits per heavy atom. The van der Waals surface area contributed by atoms with Crippen molar-refractivity contribution in [2.75, 3.05) is 7.05 Å². The molecule has 19 heavy (non-hydrogen) atoms. The maximum absolute atomic E-state index is 13.1. The molecule has 1 atom stereocenters. The predicted octanol–water partition coefficient (Wildman–Crippen LogP) is 3.96. The summed E-state index contributed by atoms with van der Waals surface area (Å²) in [5, 5.41) is 3.31. The number of rotatable bonds is 3. The average molecular weight is 270 g/mol. The number of aromatic nitrogens is 1. The molecule has 1 unspecified atom stereocenters. The fourth-order valence-electron chi connectivity index (χ4n) is 2.37. The molecular formula is C14H17F3N2. The quantitative estimate of drug-likeness (QED) is 0.893. The molecule has 0 aliphatic rings. The molecule has 1 N–H and O–H groups in total. The van der Waals surface area contributed by atoms with Gasteiger partial charge in [0.2, 0.25) is 0 Å². The van der Waals surface area contributed by atoms with Crippen molar-refractivity contribution in [3.05, 3.63) is 35.5 Å². The molecule has 0 spiro atoms. The predicted molar refractivity (Wildman–Crippen MR) is 70.1 cm³/mol. The van der Waals surface area contributed by atoms with Crippen LogP contribution < -0.4 is 5.32 Å². The molecule has 0 radical (unpaired) electrons. The van der Waals surface area contributed by atoms with Gasteiger partial charge in [-0.1, -0.05) is 6.07 Å². The van der Waals surface area contributed by atoms with E-state index in [1.807, 2.05) is 18.4 Å². The lowest BCUT2D eigenvalue weighted by Gasteiger charge is -2.13. The van der Waals surface area contributed by atoms with Crippen LogP contribution in [0, 0.1) is 0 Å². The van der Waals surface area contributed by atoms with E-state index >= 15 is 0 Å². The summed E-state index contributed by atoms with van der Waals surface area (Å²) < 4.78 is 41.3. The van der Waals surface area contributed by atoms with Gasteiger partial charge >= 0.3 is 6.18 Å². The highest BCUT2D eigenvalue weighted by Crippen LogP contribution is 2.38. The van der Waals surface area contributed by atoms with Gasteiger partial charge in [-0.3, -0.25) is 0 Å². The van der Waals surface area contributed by atoms with Gasteiger partial charge in [-0.25, -0.2) is 0 Å². The van der Waals surface area contributed by atoms with E-state index in [4.69, 9.17) is 0 Å². The molecule has 104 valence electrons. The highest BCUT2D eigenvalue weighted by atomic mass is 19.4. The van der Waals surface area contributed by atoms with Crippen LogP contribution in [0.1, 0.15) is 31.0 Å². The number of benzene rings is 1. The minimum atomic E-state index is -4.33. The zero-order chi connectivity index (χ0) is 14.2.